The van der Waals surface area contributed by atoms with E-state index in [1.165, 1.54) is 12.6 Å². The Bertz CT molecular complexity index is 372. The molecule has 1 rings (SSSR count). The molecule has 0 aromatic carbocycles. The fourth-order valence-corrected chi connectivity index (χ4v) is 1.98. The summed E-state index contributed by atoms with van der Waals surface area (Å²) in [7, 11) is -4.17. The highest BCUT2D eigenvalue weighted by Crippen LogP contribution is 1.95. The highest BCUT2D eigenvalue weighted by Gasteiger charge is 2.00. The lowest BCUT2D eigenvalue weighted by Crippen LogP contribution is -2.31. The van der Waals surface area contributed by atoms with E-state index in [1.807, 2.05) is 0 Å². The van der Waals surface area contributed by atoms with Gasteiger partial charge in [0.1, 0.15) is 6.54 Å². The second-order valence-electron chi connectivity index (χ2n) is 2.62. The molecule has 1 aromatic rings. The van der Waals surface area contributed by atoms with Crippen LogP contribution in [0.1, 0.15) is 19.5 Å². The normalized spacial score (nSPS) is 10.7. The number of hydrogen-bond acceptors (Lipinski definition) is 4. The average molecular weight is 254 g/mol. The van der Waals surface area contributed by atoms with Gasteiger partial charge in [0.05, 0.1) is 12.0 Å². The molecule has 0 bridgehead atoms. The number of aromatic nitrogens is 1. The van der Waals surface area contributed by atoms with E-state index < -0.39 is 10.4 Å². The molecule has 0 aliphatic heterocycles. The summed E-state index contributed by atoms with van der Waals surface area (Å²) >= 11 is 1.75. The summed E-state index contributed by atoms with van der Waals surface area (Å²) in [6.45, 7) is 6.81. The van der Waals surface area contributed by atoms with Crippen LogP contribution >= 0.6 is 11.3 Å². The molecule has 0 fully saturated rings. The molecule has 7 heteroatoms. The molecular weight excluding hydrogens is 238 g/mol. The van der Waals surface area contributed by atoms with Crippen molar-refractivity contribution in [3.63, 3.8) is 0 Å². The first kappa shape index (κ1) is 14.5. The molecule has 0 aliphatic carbocycles. The van der Waals surface area contributed by atoms with Gasteiger partial charge in [-0.2, -0.15) is 13.0 Å². The van der Waals surface area contributed by atoms with Gasteiger partial charge in [0.2, 0.25) is 5.51 Å². The van der Waals surface area contributed by atoms with Gasteiger partial charge in [-0.05, 0) is 13.8 Å². The summed E-state index contributed by atoms with van der Waals surface area (Å²) in [6, 6.07) is 0. The number of rotatable bonds is 3. The maximum Gasteiger partial charge on any atom is 0.397 e. The third-order valence-electron chi connectivity index (χ3n) is 1.49. The fourth-order valence-electron chi connectivity index (χ4n) is 0.826. The highest BCUT2D eigenvalue weighted by atomic mass is 32.3. The summed E-state index contributed by atoms with van der Waals surface area (Å²) in [4.78, 5) is 0. The standard InChI is InChI=1S/C6H10NS.C2H6O4S/c1-3-7-5-8-4-6(7)2;1-2-6-7(3,4)5/h4-5H,3H2,1-2H3;2H2,1H3,(H,3,4,5)/q+1;. The first-order valence-corrected chi connectivity index (χ1v) is 6.75. The largest absolute Gasteiger partial charge is 0.397 e. The van der Waals surface area contributed by atoms with Crippen LogP contribution in [0.25, 0.3) is 0 Å². The molecule has 1 N–H and O–H groups in total. The fraction of sp³-hybridized carbons (Fsp3) is 0.625. The summed E-state index contributed by atoms with van der Waals surface area (Å²) in [6.07, 6.45) is 0. The van der Waals surface area contributed by atoms with Crippen molar-refractivity contribution in [2.45, 2.75) is 27.3 Å². The Hall–Kier alpha value is -0.500. The Kier molecular flexibility index (Phi) is 6.66. The van der Waals surface area contributed by atoms with Crippen LogP contribution in [-0.4, -0.2) is 19.6 Å². The predicted molar refractivity (Wildman–Crippen MR) is 58.1 cm³/mol. The van der Waals surface area contributed by atoms with Crippen molar-refractivity contribution in [2.75, 3.05) is 6.61 Å². The predicted octanol–water partition coefficient (Wildman–Crippen LogP) is 1.19. The van der Waals surface area contributed by atoms with Gasteiger partial charge in [0, 0.05) is 6.92 Å². The van der Waals surface area contributed by atoms with E-state index in [1.54, 1.807) is 11.3 Å². The molecule has 1 aromatic heterocycles. The van der Waals surface area contributed by atoms with Crippen LogP contribution in [-0.2, 0) is 21.1 Å². The summed E-state index contributed by atoms with van der Waals surface area (Å²) in [5.74, 6) is 0. The quantitative estimate of drug-likeness (QED) is 0.650. The molecule has 0 amide bonds. The molecule has 0 unspecified atom stereocenters. The minimum Gasteiger partial charge on any atom is -0.264 e. The number of thiazole rings is 1. The van der Waals surface area contributed by atoms with Gasteiger partial charge >= 0.3 is 10.4 Å². The number of nitrogens with zero attached hydrogens (tertiary/aromatic N) is 1. The first-order chi connectivity index (χ1) is 6.90. The maximum atomic E-state index is 9.56. The van der Waals surface area contributed by atoms with Gasteiger partial charge in [-0.1, -0.05) is 11.3 Å². The lowest BCUT2D eigenvalue weighted by atomic mass is 10.5. The second kappa shape index (κ2) is 6.89. The molecule has 88 valence electrons. The maximum absolute atomic E-state index is 9.56. The Balaban J connectivity index is 0.000000265. The minimum atomic E-state index is -4.17. The zero-order chi connectivity index (χ0) is 11.9. The van der Waals surface area contributed by atoms with E-state index in [2.05, 4.69) is 33.5 Å². The molecule has 0 spiro atoms. The Labute approximate surface area is 94.3 Å². The Morgan fingerprint density at radius 3 is 2.27 bits per heavy atom. The average Bonchev–Trinajstić information content (AvgIpc) is 2.49. The van der Waals surface area contributed by atoms with Gasteiger partial charge in [0.15, 0.2) is 5.69 Å². The van der Waals surface area contributed by atoms with E-state index in [-0.39, 0.29) is 6.61 Å². The van der Waals surface area contributed by atoms with Crippen LogP contribution < -0.4 is 4.57 Å². The van der Waals surface area contributed by atoms with Crippen molar-refractivity contribution in [1.82, 2.24) is 0 Å². The summed E-state index contributed by atoms with van der Waals surface area (Å²) < 4.78 is 32.9. The number of aryl methyl sites for hydroxylation is 2. The molecule has 5 nitrogen and oxygen atoms in total. The summed E-state index contributed by atoms with van der Waals surface area (Å²) in [5.41, 5.74) is 3.49. The monoisotopic (exact) mass is 254 g/mol. The SMILES string of the molecule is CCOS(=O)(=O)O.CC[n+]1cscc1C. The molecule has 0 saturated heterocycles. The van der Waals surface area contributed by atoms with Crippen molar-refractivity contribution < 1.29 is 21.7 Å². The first-order valence-electron chi connectivity index (χ1n) is 4.44. The minimum absolute atomic E-state index is 0.0289. The van der Waals surface area contributed by atoms with Crippen molar-refractivity contribution in [3.05, 3.63) is 16.6 Å². The van der Waals surface area contributed by atoms with Gasteiger partial charge in [-0.25, -0.2) is 4.18 Å². The van der Waals surface area contributed by atoms with Gasteiger partial charge in [0.25, 0.3) is 0 Å². The van der Waals surface area contributed by atoms with Crippen molar-refractivity contribution >= 4 is 21.7 Å². The van der Waals surface area contributed by atoms with Crippen molar-refractivity contribution in [3.8, 4) is 0 Å². The summed E-state index contributed by atoms with van der Waals surface area (Å²) in [5, 5.41) is 2.16. The smallest absolute Gasteiger partial charge is 0.264 e. The van der Waals surface area contributed by atoms with E-state index in [0.717, 1.165) is 6.54 Å². The van der Waals surface area contributed by atoms with Crippen molar-refractivity contribution in [1.29, 1.82) is 0 Å². The lowest BCUT2D eigenvalue weighted by molar-refractivity contribution is -0.694. The van der Waals surface area contributed by atoms with E-state index in [0.29, 0.717) is 0 Å². The molecule has 0 atom stereocenters. The number of hydrogen-bond donors (Lipinski definition) is 1. The Morgan fingerprint density at radius 2 is 2.13 bits per heavy atom. The van der Waals surface area contributed by atoms with Crippen LogP contribution in [0.2, 0.25) is 0 Å². The van der Waals surface area contributed by atoms with Crippen LogP contribution in [0.3, 0.4) is 0 Å². The van der Waals surface area contributed by atoms with Gasteiger partial charge < -0.3 is 0 Å². The van der Waals surface area contributed by atoms with Crippen LogP contribution in [0, 0.1) is 6.92 Å². The zero-order valence-electron chi connectivity index (χ0n) is 9.00. The third-order valence-corrected chi connectivity index (χ3v) is 2.87. The van der Waals surface area contributed by atoms with E-state index in [9.17, 15) is 8.42 Å². The van der Waals surface area contributed by atoms with Gasteiger partial charge in [-0.15, -0.1) is 0 Å². The van der Waals surface area contributed by atoms with E-state index >= 15 is 0 Å². The highest BCUT2D eigenvalue weighted by molar-refractivity contribution is 7.80. The van der Waals surface area contributed by atoms with E-state index in [4.69, 9.17) is 4.55 Å². The molecule has 0 aliphatic rings. The Morgan fingerprint density at radius 1 is 1.53 bits per heavy atom. The zero-order valence-corrected chi connectivity index (χ0v) is 10.6. The third kappa shape index (κ3) is 7.43. The van der Waals surface area contributed by atoms with Crippen molar-refractivity contribution in [2.24, 2.45) is 0 Å². The molecular formula is C8H16NO4S2+. The van der Waals surface area contributed by atoms with Crippen LogP contribution in [0.15, 0.2) is 10.9 Å². The van der Waals surface area contributed by atoms with Crippen LogP contribution in [0.4, 0.5) is 0 Å². The molecule has 0 saturated carbocycles. The van der Waals surface area contributed by atoms with Gasteiger partial charge in [-0.3, -0.25) is 4.55 Å². The lowest BCUT2D eigenvalue weighted by Gasteiger charge is -1.88. The topological polar surface area (TPSA) is 67.5 Å². The molecule has 0 radical (unpaired) electrons. The molecule has 1 heterocycles. The van der Waals surface area contributed by atoms with Crippen LogP contribution in [0.5, 0.6) is 0 Å². The second-order valence-corrected chi connectivity index (χ2v) is 4.43. The molecule has 15 heavy (non-hydrogen) atoms.